The molecule has 2 heterocycles. The number of fused-ring (bicyclic) bond motifs is 1. The second-order valence-corrected chi connectivity index (χ2v) is 6.70. The fourth-order valence-electron chi connectivity index (χ4n) is 3.54. The quantitative estimate of drug-likeness (QED) is 0.763. The molecule has 0 aliphatic carbocycles. The molecule has 1 atom stereocenters. The highest BCUT2D eigenvalue weighted by molar-refractivity contribution is 5.80. The number of hydrogen-bond donors (Lipinski definition) is 1. The van der Waals surface area contributed by atoms with E-state index in [4.69, 9.17) is 4.98 Å². The first-order valence-electron chi connectivity index (χ1n) is 8.86. The third-order valence-corrected chi connectivity index (χ3v) is 4.81. The van der Waals surface area contributed by atoms with Crippen molar-refractivity contribution in [3.8, 4) is 0 Å². The van der Waals surface area contributed by atoms with Gasteiger partial charge >= 0.3 is 0 Å². The molecule has 3 nitrogen and oxygen atoms in total. The van der Waals surface area contributed by atoms with Crippen molar-refractivity contribution < 1.29 is 4.39 Å². The maximum atomic E-state index is 13.9. The van der Waals surface area contributed by atoms with Crippen molar-refractivity contribution in [2.24, 2.45) is 0 Å². The number of pyridine rings is 1. The number of benzene rings is 2. The molecule has 25 heavy (non-hydrogen) atoms. The molecule has 1 fully saturated rings. The Labute approximate surface area is 147 Å². The van der Waals surface area contributed by atoms with Crippen LogP contribution in [0.15, 0.2) is 60.7 Å². The Morgan fingerprint density at radius 3 is 2.80 bits per heavy atom. The molecule has 3 aromatic rings. The zero-order valence-corrected chi connectivity index (χ0v) is 14.2. The van der Waals surface area contributed by atoms with Gasteiger partial charge in [0, 0.05) is 30.1 Å². The summed E-state index contributed by atoms with van der Waals surface area (Å²) in [5.41, 5.74) is 1.78. The fraction of sp³-hybridized carbons (Fsp3) is 0.286. The van der Waals surface area contributed by atoms with Crippen LogP contribution in [0.1, 0.15) is 18.4 Å². The zero-order valence-electron chi connectivity index (χ0n) is 14.2. The lowest BCUT2D eigenvalue weighted by Crippen LogP contribution is -2.41. The van der Waals surface area contributed by atoms with Gasteiger partial charge in [0.05, 0.1) is 5.52 Å². The summed E-state index contributed by atoms with van der Waals surface area (Å²) in [4.78, 5) is 7.02. The standard InChI is InChI=1S/C21H22FN3/c22-19-9-3-1-7-17(19)14-25-13-5-8-18(15-25)23-21-12-11-16-6-2-4-10-20(16)24-21/h1-4,6-7,9-12,18H,5,8,13-15H2,(H,23,24). The van der Waals surface area contributed by atoms with Crippen LogP contribution < -0.4 is 5.32 Å². The first kappa shape index (κ1) is 16.0. The second-order valence-electron chi connectivity index (χ2n) is 6.70. The van der Waals surface area contributed by atoms with Crippen LogP contribution in [0.2, 0.25) is 0 Å². The number of anilines is 1. The van der Waals surface area contributed by atoms with Gasteiger partial charge in [0.2, 0.25) is 0 Å². The Kier molecular flexibility index (Phi) is 4.61. The normalized spacial score (nSPS) is 18.4. The molecule has 0 bridgehead atoms. The zero-order chi connectivity index (χ0) is 17.1. The Morgan fingerprint density at radius 1 is 1.04 bits per heavy atom. The van der Waals surface area contributed by atoms with Crippen LogP contribution >= 0.6 is 0 Å². The third kappa shape index (κ3) is 3.80. The molecular weight excluding hydrogens is 313 g/mol. The molecule has 0 radical (unpaired) electrons. The van der Waals surface area contributed by atoms with Gasteiger partial charge in [0.15, 0.2) is 0 Å². The first-order valence-corrected chi connectivity index (χ1v) is 8.86. The van der Waals surface area contributed by atoms with Crippen molar-refractivity contribution in [3.05, 3.63) is 72.0 Å². The maximum Gasteiger partial charge on any atom is 0.127 e. The Morgan fingerprint density at radius 2 is 1.88 bits per heavy atom. The lowest BCUT2D eigenvalue weighted by atomic mass is 10.0. The van der Waals surface area contributed by atoms with Crippen LogP contribution in [-0.4, -0.2) is 29.0 Å². The summed E-state index contributed by atoms with van der Waals surface area (Å²) in [7, 11) is 0. The van der Waals surface area contributed by atoms with Gasteiger partial charge in [-0.1, -0.05) is 36.4 Å². The molecule has 1 aliphatic rings. The highest BCUT2D eigenvalue weighted by Crippen LogP contribution is 2.20. The van der Waals surface area contributed by atoms with Gasteiger partial charge in [-0.25, -0.2) is 9.37 Å². The second kappa shape index (κ2) is 7.19. The minimum Gasteiger partial charge on any atom is -0.366 e. The Balaban J connectivity index is 1.43. The first-order chi connectivity index (χ1) is 12.3. The molecule has 0 saturated carbocycles. The average molecular weight is 335 g/mol. The van der Waals surface area contributed by atoms with E-state index in [2.05, 4.69) is 22.3 Å². The van der Waals surface area contributed by atoms with E-state index in [1.807, 2.05) is 36.4 Å². The fourth-order valence-corrected chi connectivity index (χ4v) is 3.54. The molecule has 2 aromatic carbocycles. The molecule has 4 rings (SSSR count). The van der Waals surface area contributed by atoms with Crippen LogP contribution in [0, 0.1) is 5.82 Å². The van der Waals surface area contributed by atoms with Crippen molar-refractivity contribution in [1.29, 1.82) is 0 Å². The van der Waals surface area contributed by atoms with E-state index in [1.165, 1.54) is 6.07 Å². The molecule has 1 aliphatic heterocycles. The minimum absolute atomic E-state index is 0.117. The number of likely N-dealkylation sites (tertiary alicyclic amines) is 1. The number of aromatic nitrogens is 1. The number of piperidine rings is 1. The molecular formula is C21H22FN3. The number of hydrogen-bond acceptors (Lipinski definition) is 3. The van der Waals surface area contributed by atoms with Gasteiger partial charge in [-0.2, -0.15) is 0 Å². The van der Waals surface area contributed by atoms with Crippen molar-refractivity contribution in [2.75, 3.05) is 18.4 Å². The summed E-state index contributed by atoms with van der Waals surface area (Å²) in [6, 6.07) is 19.7. The van der Waals surface area contributed by atoms with Crippen LogP contribution in [0.4, 0.5) is 10.2 Å². The summed E-state index contributed by atoms with van der Waals surface area (Å²) >= 11 is 0. The topological polar surface area (TPSA) is 28.2 Å². The van der Waals surface area contributed by atoms with E-state index < -0.39 is 0 Å². The van der Waals surface area contributed by atoms with Crippen molar-refractivity contribution in [2.45, 2.75) is 25.4 Å². The summed E-state index contributed by atoms with van der Waals surface area (Å²) in [6.07, 6.45) is 2.22. The smallest absolute Gasteiger partial charge is 0.127 e. The van der Waals surface area contributed by atoms with Gasteiger partial charge in [-0.05, 0) is 43.7 Å². The van der Waals surface area contributed by atoms with Crippen molar-refractivity contribution >= 4 is 16.7 Å². The highest BCUT2D eigenvalue weighted by atomic mass is 19.1. The summed E-state index contributed by atoms with van der Waals surface area (Å²) < 4.78 is 13.9. The molecule has 1 saturated heterocycles. The molecule has 1 N–H and O–H groups in total. The van der Waals surface area contributed by atoms with Gasteiger partial charge in [-0.15, -0.1) is 0 Å². The van der Waals surface area contributed by atoms with Gasteiger partial charge < -0.3 is 5.32 Å². The van der Waals surface area contributed by atoms with Crippen molar-refractivity contribution in [3.63, 3.8) is 0 Å². The molecule has 1 aromatic heterocycles. The molecule has 0 amide bonds. The van der Waals surface area contributed by atoms with E-state index in [-0.39, 0.29) is 5.82 Å². The van der Waals surface area contributed by atoms with E-state index in [1.54, 1.807) is 6.07 Å². The minimum atomic E-state index is -0.117. The van der Waals surface area contributed by atoms with Crippen LogP contribution in [0.3, 0.4) is 0 Å². The van der Waals surface area contributed by atoms with E-state index in [0.717, 1.165) is 48.2 Å². The van der Waals surface area contributed by atoms with Gasteiger partial charge in [0.25, 0.3) is 0 Å². The van der Waals surface area contributed by atoms with Gasteiger partial charge in [-0.3, -0.25) is 4.90 Å². The third-order valence-electron chi connectivity index (χ3n) is 4.81. The molecule has 4 heteroatoms. The largest absolute Gasteiger partial charge is 0.366 e. The van der Waals surface area contributed by atoms with E-state index in [9.17, 15) is 4.39 Å². The number of nitrogens with one attached hydrogen (secondary N) is 1. The number of halogens is 1. The van der Waals surface area contributed by atoms with E-state index in [0.29, 0.717) is 12.6 Å². The summed E-state index contributed by atoms with van der Waals surface area (Å²) in [6.45, 7) is 2.58. The van der Waals surface area contributed by atoms with Crippen molar-refractivity contribution in [1.82, 2.24) is 9.88 Å². The average Bonchev–Trinajstić information content (AvgIpc) is 2.64. The predicted octanol–water partition coefficient (Wildman–Crippen LogP) is 4.45. The number of para-hydroxylation sites is 1. The lowest BCUT2D eigenvalue weighted by molar-refractivity contribution is 0.206. The summed E-state index contributed by atoms with van der Waals surface area (Å²) in [5.74, 6) is 0.797. The summed E-state index contributed by atoms with van der Waals surface area (Å²) in [5, 5.41) is 4.71. The SMILES string of the molecule is Fc1ccccc1CN1CCCC(Nc2ccc3ccccc3n2)C1. The van der Waals surface area contributed by atoms with Gasteiger partial charge in [0.1, 0.15) is 11.6 Å². The Hall–Kier alpha value is -2.46. The number of nitrogens with zero attached hydrogens (tertiary/aromatic N) is 2. The van der Waals surface area contributed by atoms with E-state index >= 15 is 0 Å². The monoisotopic (exact) mass is 335 g/mol. The molecule has 128 valence electrons. The van der Waals surface area contributed by atoms with Crippen LogP contribution in [0.25, 0.3) is 10.9 Å². The lowest BCUT2D eigenvalue weighted by Gasteiger charge is -2.33. The Bertz CT molecular complexity index is 864. The number of rotatable bonds is 4. The molecule has 1 unspecified atom stereocenters. The maximum absolute atomic E-state index is 13.9. The van der Waals surface area contributed by atoms with Crippen LogP contribution in [0.5, 0.6) is 0 Å². The van der Waals surface area contributed by atoms with Crippen LogP contribution in [-0.2, 0) is 6.54 Å². The highest BCUT2D eigenvalue weighted by Gasteiger charge is 2.21. The predicted molar refractivity (Wildman–Crippen MR) is 100 cm³/mol. The molecule has 0 spiro atoms.